The Morgan fingerprint density at radius 2 is 1.53 bits per heavy atom. The molecule has 0 fully saturated rings. The van der Waals surface area contributed by atoms with Gasteiger partial charge in [-0.15, -0.1) is 0 Å². The number of aliphatic imine (C=N–C) groups is 1. The van der Waals surface area contributed by atoms with E-state index in [1.807, 2.05) is 36.4 Å². The van der Waals surface area contributed by atoms with Crippen LogP contribution < -0.4 is 20.1 Å². The van der Waals surface area contributed by atoms with E-state index in [-0.39, 0.29) is 11.4 Å². The van der Waals surface area contributed by atoms with Crippen molar-refractivity contribution in [2.75, 3.05) is 25.5 Å². The topological polar surface area (TPSA) is 91.8 Å². The van der Waals surface area contributed by atoms with Gasteiger partial charge in [0.2, 0.25) is 10.0 Å². The van der Waals surface area contributed by atoms with E-state index in [0.717, 1.165) is 42.3 Å². The highest BCUT2D eigenvalue weighted by molar-refractivity contribution is 7.89. The van der Waals surface area contributed by atoms with Crippen molar-refractivity contribution in [3.05, 3.63) is 89.5 Å². The van der Waals surface area contributed by atoms with Crippen molar-refractivity contribution in [1.29, 1.82) is 0 Å². The van der Waals surface area contributed by atoms with Crippen molar-refractivity contribution in [2.45, 2.75) is 17.9 Å². The van der Waals surface area contributed by atoms with E-state index < -0.39 is 10.0 Å². The second kappa shape index (κ2) is 9.84. The van der Waals surface area contributed by atoms with Gasteiger partial charge in [-0.05, 0) is 59.5 Å². The number of benzene rings is 3. The molecular formula is C24H26N4O3S. The average Bonchev–Trinajstić information content (AvgIpc) is 3.33. The lowest BCUT2D eigenvalue weighted by Crippen LogP contribution is -2.26. The number of guanidine groups is 1. The highest BCUT2D eigenvalue weighted by atomic mass is 32.2. The summed E-state index contributed by atoms with van der Waals surface area (Å²) in [5.74, 6) is 1.43. The lowest BCUT2D eigenvalue weighted by atomic mass is 10.0. The molecule has 8 heteroatoms. The van der Waals surface area contributed by atoms with E-state index >= 15 is 0 Å². The van der Waals surface area contributed by atoms with Gasteiger partial charge in [0, 0.05) is 18.8 Å². The number of nitrogens with one attached hydrogen (secondary N) is 3. The van der Waals surface area contributed by atoms with Crippen LogP contribution in [-0.2, 0) is 23.0 Å². The normalized spacial score (nSPS) is 13.3. The zero-order valence-corrected chi connectivity index (χ0v) is 18.7. The first-order valence-electron chi connectivity index (χ1n) is 10.4. The van der Waals surface area contributed by atoms with Crippen LogP contribution in [0.15, 0.2) is 82.7 Å². The Bertz CT molecular complexity index is 1170. The van der Waals surface area contributed by atoms with Crippen molar-refractivity contribution in [3.63, 3.8) is 0 Å². The number of anilines is 1. The number of rotatable bonds is 8. The average molecular weight is 451 g/mol. The Hall–Kier alpha value is -3.36. The summed E-state index contributed by atoms with van der Waals surface area (Å²) in [5, 5.41) is 6.45. The first kappa shape index (κ1) is 21.9. The quantitative estimate of drug-likeness (QED) is 0.490. The highest BCUT2D eigenvalue weighted by Crippen LogP contribution is 2.17. The molecule has 1 heterocycles. The maximum atomic E-state index is 12.5. The maximum Gasteiger partial charge on any atom is 0.240 e. The van der Waals surface area contributed by atoms with E-state index in [4.69, 9.17) is 4.74 Å². The van der Waals surface area contributed by atoms with Crippen molar-refractivity contribution >= 4 is 21.7 Å². The summed E-state index contributed by atoms with van der Waals surface area (Å²) in [6, 6.07) is 22.5. The van der Waals surface area contributed by atoms with Crippen LogP contribution in [0.3, 0.4) is 0 Å². The van der Waals surface area contributed by atoms with Crippen molar-refractivity contribution in [3.8, 4) is 5.75 Å². The summed E-state index contributed by atoms with van der Waals surface area (Å²) in [4.78, 5) is 4.54. The molecule has 7 nitrogen and oxygen atoms in total. The smallest absolute Gasteiger partial charge is 0.240 e. The van der Waals surface area contributed by atoms with E-state index in [1.165, 1.54) is 17.7 Å². The van der Waals surface area contributed by atoms with Gasteiger partial charge in [0.15, 0.2) is 5.96 Å². The molecule has 3 aromatic rings. The van der Waals surface area contributed by atoms with Gasteiger partial charge in [0.1, 0.15) is 5.75 Å². The Kier molecular flexibility index (Phi) is 6.72. The van der Waals surface area contributed by atoms with Gasteiger partial charge in [-0.3, -0.25) is 4.99 Å². The molecule has 166 valence electrons. The van der Waals surface area contributed by atoms with Crippen LogP contribution >= 0.6 is 0 Å². The van der Waals surface area contributed by atoms with E-state index in [1.54, 1.807) is 19.2 Å². The lowest BCUT2D eigenvalue weighted by Gasteiger charge is -2.09. The number of sulfonamides is 1. The molecule has 0 aliphatic carbocycles. The van der Waals surface area contributed by atoms with Crippen LogP contribution in [0.4, 0.5) is 5.69 Å². The second-order valence-electron chi connectivity index (χ2n) is 7.47. The Morgan fingerprint density at radius 3 is 2.12 bits per heavy atom. The van der Waals surface area contributed by atoms with E-state index in [9.17, 15) is 8.42 Å². The minimum absolute atomic E-state index is 0.212. The largest absolute Gasteiger partial charge is 0.497 e. The van der Waals surface area contributed by atoms with Crippen LogP contribution in [0.2, 0.25) is 0 Å². The fourth-order valence-electron chi connectivity index (χ4n) is 3.35. The zero-order chi connectivity index (χ0) is 22.4. The molecule has 0 bridgehead atoms. The number of ether oxygens (including phenoxy) is 1. The third-order valence-corrected chi connectivity index (χ3v) is 6.58. The maximum absolute atomic E-state index is 12.5. The predicted octanol–water partition coefficient (Wildman–Crippen LogP) is 3.14. The number of hydrogen-bond donors (Lipinski definition) is 3. The summed E-state index contributed by atoms with van der Waals surface area (Å²) in [5.41, 5.74) is 4.26. The highest BCUT2D eigenvalue weighted by Gasteiger charge is 2.13. The monoisotopic (exact) mass is 450 g/mol. The van der Waals surface area contributed by atoms with Gasteiger partial charge in [-0.2, -0.15) is 0 Å². The first-order valence-corrected chi connectivity index (χ1v) is 11.9. The molecule has 3 aromatic carbocycles. The molecule has 0 saturated carbocycles. The van der Waals surface area contributed by atoms with Crippen LogP contribution in [0.5, 0.6) is 5.75 Å². The summed E-state index contributed by atoms with van der Waals surface area (Å²) in [6.45, 7) is 1.91. The van der Waals surface area contributed by atoms with E-state index in [2.05, 4.69) is 32.5 Å². The van der Waals surface area contributed by atoms with Crippen LogP contribution in [0, 0.1) is 0 Å². The van der Waals surface area contributed by atoms with Crippen molar-refractivity contribution < 1.29 is 13.2 Å². The Labute approximate surface area is 188 Å². The fraction of sp³-hybridized carbons (Fsp3) is 0.208. The first-order chi connectivity index (χ1) is 15.5. The number of hydrogen-bond acceptors (Lipinski definition) is 6. The van der Waals surface area contributed by atoms with Crippen molar-refractivity contribution in [1.82, 2.24) is 10.0 Å². The molecule has 0 radical (unpaired) electrons. The van der Waals surface area contributed by atoms with E-state index in [0.29, 0.717) is 5.75 Å². The molecule has 0 unspecified atom stereocenters. The van der Waals surface area contributed by atoms with Gasteiger partial charge in [0.05, 0.1) is 18.6 Å². The third-order valence-electron chi connectivity index (χ3n) is 5.16. The molecule has 0 spiro atoms. The fourth-order valence-corrected chi connectivity index (χ4v) is 4.37. The third kappa shape index (κ3) is 5.66. The van der Waals surface area contributed by atoms with Gasteiger partial charge < -0.3 is 15.4 Å². The van der Waals surface area contributed by atoms with Crippen molar-refractivity contribution in [2.24, 2.45) is 4.99 Å². The summed E-state index contributed by atoms with van der Waals surface area (Å²) < 4.78 is 32.7. The van der Waals surface area contributed by atoms with Crippen LogP contribution in [0.25, 0.3) is 0 Å². The standard InChI is InChI=1S/C24H26N4O3S/c1-31-22-10-12-23(13-11-22)32(29,30)27-17-20-4-2-18(3-5-20)16-19-6-8-21(9-7-19)28-24-25-14-15-26-24/h2-13,27H,14-17H2,1H3,(H2,25,26,28). The molecule has 0 saturated heterocycles. The summed E-state index contributed by atoms with van der Waals surface area (Å²) in [6.07, 6.45) is 0.803. The minimum atomic E-state index is -3.58. The molecule has 1 aliphatic rings. The van der Waals surface area contributed by atoms with Crippen LogP contribution in [-0.4, -0.2) is 34.6 Å². The predicted molar refractivity (Wildman–Crippen MR) is 127 cm³/mol. The molecular weight excluding hydrogens is 424 g/mol. The van der Waals surface area contributed by atoms with Gasteiger partial charge in [-0.25, -0.2) is 13.1 Å². The lowest BCUT2D eigenvalue weighted by molar-refractivity contribution is 0.414. The molecule has 3 N–H and O–H groups in total. The molecule has 0 atom stereocenters. The summed E-state index contributed by atoms with van der Waals surface area (Å²) in [7, 11) is -2.04. The van der Waals surface area contributed by atoms with Gasteiger partial charge in [0.25, 0.3) is 0 Å². The van der Waals surface area contributed by atoms with Crippen LogP contribution in [0.1, 0.15) is 16.7 Å². The molecule has 1 aliphatic heterocycles. The molecule has 0 aromatic heterocycles. The Balaban J connectivity index is 1.31. The zero-order valence-electron chi connectivity index (χ0n) is 17.8. The molecule has 0 amide bonds. The number of nitrogens with zero attached hydrogens (tertiary/aromatic N) is 1. The summed E-state index contributed by atoms with van der Waals surface area (Å²) >= 11 is 0. The van der Waals surface area contributed by atoms with Gasteiger partial charge in [-0.1, -0.05) is 36.4 Å². The van der Waals surface area contributed by atoms with Gasteiger partial charge >= 0.3 is 0 Å². The Morgan fingerprint density at radius 1 is 0.906 bits per heavy atom. The molecule has 32 heavy (non-hydrogen) atoms. The second-order valence-corrected chi connectivity index (χ2v) is 9.24. The molecule has 4 rings (SSSR count). The minimum Gasteiger partial charge on any atom is -0.497 e. The number of methoxy groups -OCH3 is 1. The SMILES string of the molecule is COc1ccc(S(=O)(=O)NCc2ccc(Cc3ccc(NC4=NCCN4)cc3)cc2)cc1.